The van der Waals surface area contributed by atoms with Crippen molar-refractivity contribution in [1.29, 1.82) is 0 Å². The third kappa shape index (κ3) is 6.42. The highest BCUT2D eigenvalue weighted by Crippen LogP contribution is 2.15. The Kier molecular flexibility index (Phi) is 9.35. The number of benzene rings is 1. The van der Waals surface area contributed by atoms with E-state index >= 15 is 0 Å². The van der Waals surface area contributed by atoms with Crippen molar-refractivity contribution in [3.05, 3.63) is 30.1 Å². The minimum absolute atomic E-state index is 0. The molecule has 2 aromatic rings. The van der Waals surface area contributed by atoms with E-state index < -0.39 is 0 Å². The van der Waals surface area contributed by atoms with Crippen LogP contribution in [0.25, 0.3) is 11.0 Å². The molecular weight excluding hydrogens is 441 g/mol. The highest BCUT2D eigenvalue weighted by Gasteiger charge is 2.15. The van der Waals surface area contributed by atoms with Gasteiger partial charge in [0.15, 0.2) is 5.96 Å². The average Bonchev–Trinajstić information content (AvgIpc) is 2.92. The molecule has 26 heavy (non-hydrogen) atoms. The molecule has 0 radical (unpaired) electrons. The second-order valence-corrected chi connectivity index (χ2v) is 6.74. The maximum absolute atomic E-state index is 5.42. The summed E-state index contributed by atoms with van der Waals surface area (Å²) in [6.07, 6.45) is 0.999. The van der Waals surface area contributed by atoms with Gasteiger partial charge in [-0.1, -0.05) is 12.1 Å². The van der Waals surface area contributed by atoms with Gasteiger partial charge in [-0.05, 0) is 46.2 Å². The number of hydrogen-bond donors (Lipinski definition) is 2. The van der Waals surface area contributed by atoms with Crippen LogP contribution in [0.5, 0.6) is 0 Å². The van der Waals surface area contributed by atoms with Crippen LogP contribution < -0.4 is 10.6 Å². The minimum Gasteiger partial charge on any atom is -0.377 e. The Balaban J connectivity index is 0.00000338. The van der Waals surface area contributed by atoms with Crippen molar-refractivity contribution >= 4 is 41.0 Å². The van der Waals surface area contributed by atoms with Gasteiger partial charge >= 0.3 is 0 Å². The number of hydrogen-bond acceptors (Lipinski definition) is 3. The predicted molar refractivity (Wildman–Crippen MR) is 120 cm³/mol. The maximum atomic E-state index is 5.42. The first-order valence-electron chi connectivity index (χ1n) is 8.96. The number of aryl methyl sites for hydroxylation is 2. The van der Waals surface area contributed by atoms with Crippen LogP contribution in [0.2, 0.25) is 0 Å². The van der Waals surface area contributed by atoms with Crippen LogP contribution in [0.4, 0.5) is 0 Å². The summed E-state index contributed by atoms with van der Waals surface area (Å²) in [5, 5.41) is 6.68. The Bertz CT molecular complexity index is 711. The van der Waals surface area contributed by atoms with Gasteiger partial charge in [-0.15, -0.1) is 24.0 Å². The molecule has 146 valence electrons. The molecule has 0 saturated carbocycles. The number of fused-ring (bicyclic) bond motifs is 1. The molecule has 0 saturated heterocycles. The molecule has 1 heterocycles. The first-order chi connectivity index (χ1) is 12.0. The van der Waals surface area contributed by atoms with Crippen molar-refractivity contribution in [3.63, 3.8) is 0 Å². The summed E-state index contributed by atoms with van der Waals surface area (Å²) in [4.78, 5) is 9.22. The van der Waals surface area contributed by atoms with Gasteiger partial charge < -0.3 is 19.9 Å². The van der Waals surface area contributed by atoms with Gasteiger partial charge in [0.05, 0.1) is 23.2 Å². The number of nitrogens with one attached hydrogen (secondary N) is 2. The largest absolute Gasteiger partial charge is 0.377 e. The number of imidazole rings is 1. The molecule has 0 amide bonds. The Morgan fingerprint density at radius 3 is 2.69 bits per heavy atom. The number of guanidine groups is 1. The van der Waals surface area contributed by atoms with Gasteiger partial charge in [-0.2, -0.15) is 0 Å². The van der Waals surface area contributed by atoms with Crippen LogP contribution in [0, 0.1) is 6.92 Å². The SMILES string of the molecule is CCNC(=NCC(C)(C)OC)NCCCn1c(C)nc2ccccc21.I. The number of aromatic nitrogens is 2. The lowest BCUT2D eigenvalue weighted by atomic mass is 10.1. The van der Waals surface area contributed by atoms with E-state index in [9.17, 15) is 0 Å². The molecule has 1 aromatic heterocycles. The molecule has 0 unspecified atom stereocenters. The van der Waals surface area contributed by atoms with Crippen molar-refractivity contribution in [2.45, 2.75) is 46.3 Å². The fraction of sp³-hybridized carbons (Fsp3) is 0.579. The quantitative estimate of drug-likeness (QED) is 0.267. The van der Waals surface area contributed by atoms with E-state index in [1.165, 1.54) is 5.52 Å². The fourth-order valence-corrected chi connectivity index (χ4v) is 2.60. The van der Waals surface area contributed by atoms with E-state index in [1.807, 2.05) is 19.9 Å². The topological polar surface area (TPSA) is 63.5 Å². The van der Waals surface area contributed by atoms with Crippen molar-refractivity contribution < 1.29 is 4.74 Å². The molecule has 0 aliphatic rings. The van der Waals surface area contributed by atoms with E-state index in [0.29, 0.717) is 6.54 Å². The molecule has 1 aromatic carbocycles. The van der Waals surface area contributed by atoms with Crippen LogP contribution in [-0.4, -0.2) is 47.9 Å². The van der Waals surface area contributed by atoms with Crippen molar-refractivity contribution in [3.8, 4) is 0 Å². The molecule has 2 rings (SSSR count). The molecule has 0 bridgehead atoms. The summed E-state index contributed by atoms with van der Waals surface area (Å²) < 4.78 is 7.69. The molecule has 0 aliphatic heterocycles. The summed E-state index contributed by atoms with van der Waals surface area (Å²) in [5.74, 6) is 1.89. The Labute approximate surface area is 173 Å². The van der Waals surface area contributed by atoms with E-state index in [4.69, 9.17) is 4.74 Å². The van der Waals surface area contributed by atoms with E-state index in [0.717, 1.165) is 43.4 Å². The molecule has 0 fully saturated rings. The molecule has 2 N–H and O–H groups in total. The third-order valence-corrected chi connectivity index (χ3v) is 4.21. The fourth-order valence-electron chi connectivity index (χ4n) is 2.60. The van der Waals surface area contributed by atoms with Crippen molar-refractivity contribution in [2.24, 2.45) is 4.99 Å². The second-order valence-electron chi connectivity index (χ2n) is 6.74. The molecule has 6 nitrogen and oxygen atoms in total. The normalized spacial score (nSPS) is 12.1. The third-order valence-electron chi connectivity index (χ3n) is 4.21. The number of aliphatic imine (C=N–C) groups is 1. The lowest BCUT2D eigenvalue weighted by Crippen LogP contribution is -2.39. The highest BCUT2D eigenvalue weighted by molar-refractivity contribution is 14.0. The van der Waals surface area contributed by atoms with Gasteiger partial charge in [0, 0.05) is 26.7 Å². The van der Waals surface area contributed by atoms with Gasteiger partial charge in [0.2, 0.25) is 0 Å². The predicted octanol–water partition coefficient (Wildman–Crippen LogP) is 3.33. The molecule has 0 spiro atoms. The van der Waals surface area contributed by atoms with Gasteiger partial charge in [-0.25, -0.2) is 4.98 Å². The summed E-state index contributed by atoms with van der Waals surface area (Å²) in [6, 6.07) is 8.28. The van der Waals surface area contributed by atoms with Crippen LogP contribution in [0.1, 0.15) is 33.0 Å². The molecule has 0 atom stereocenters. The van der Waals surface area contributed by atoms with Gasteiger partial charge in [-0.3, -0.25) is 4.99 Å². The number of ether oxygens (including phenoxy) is 1. The van der Waals surface area contributed by atoms with E-state index in [1.54, 1.807) is 7.11 Å². The lowest BCUT2D eigenvalue weighted by Gasteiger charge is -2.21. The maximum Gasteiger partial charge on any atom is 0.191 e. The smallest absolute Gasteiger partial charge is 0.191 e. The second kappa shape index (κ2) is 10.7. The summed E-state index contributed by atoms with van der Waals surface area (Å²) in [6.45, 7) is 11.4. The first kappa shape index (κ1) is 22.7. The van der Waals surface area contributed by atoms with Gasteiger partial charge in [0.1, 0.15) is 5.82 Å². The van der Waals surface area contributed by atoms with Crippen molar-refractivity contribution in [2.75, 3.05) is 26.7 Å². The van der Waals surface area contributed by atoms with Crippen LogP contribution in [-0.2, 0) is 11.3 Å². The lowest BCUT2D eigenvalue weighted by molar-refractivity contribution is 0.0310. The van der Waals surface area contributed by atoms with E-state index in [-0.39, 0.29) is 29.6 Å². The Morgan fingerprint density at radius 2 is 2.00 bits per heavy atom. The zero-order valence-electron chi connectivity index (χ0n) is 16.5. The zero-order valence-corrected chi connectivity index (χ0v) is 18.8. The minimum atomic E-state index is -0.255. The Morgan fingerprint density at radius 1 is 1.27 bits per heavy atom. The van der Waals surface area contributed by atoms with E-state index in [2.05, 4.69) is 57.2 Å². The Hall–Kier alpha value is -1.35. The number of rotatable bonds is 8. The monoisotopic (exact) mass is 473 g/mol. The molecular formula is C19H32IN5O. The number of para-hydroxylation sites is 2. The number of halogens is 1. The average molecular weight is 473 g/mol. The molecule has 7 heteroatoms. The van der Waals surface area contributed by atoms with Gasteiger partial charge in [0.25, 0.3) is 0 Å². The number of methoxy groups -OCH3 is 1. The summed E-state index contributed by atoms with van der Waals surface area (Å²) >= 11 is 0. The van der Waals surface area contributed by atoms with Crippen LogP contribution in [0.3, 0.4) is 0 Å². The first-order valence-corrected chi connectivity index (χ1v) is 8.96. The van der Waals surface area contributed by atoms with Crippen LogP contribution >= 0.6 is 24.0 Å². The van der Waals surface area contributed by atoms with Crippen molar-refractivity contribution in [1.82, 2.24) is 20.2 Å². The molecule has 0 aliphatic carbocycles. The standard InChI is InChI=1S/C19H31N5O.HI/c1-6-20-18(22-14-19(3,4)25-5)21-12-9-13-24-15(2)23-16-10-7-8-11-17(16)24;/h7-8,10-11H,6,9,12-14H2,1-5H3,(H2,20,21,22);1H. The summed E-state index contributed by atoms with van der Waals surface area (Å²) in [5.41, 5.74) is 2.00. The highest BCUT2D eigenvalue weighted by atomic mass is 127. The summed E-state index contributed by atoms with van der Waals surface area (Å²) in [7, 11) is 1.72. The zero-order chi connectivity index (χ0) is 18.3. The number of nitrogens with zero attached hydrogens (tertiary/aromatic N) is 3. The van der Waals surface area contributed by atoms with Crippen LogP contribution in [0.15, 0.2) is 29.3 Å².